The highest BCUT2D eigenvalue weighted by atomic mass is 35.5. The molecule has 0 fully saturated rings. The van der Waals surface area contributed by atoms with E-state index in [1.807, 2.05) is 6.92 Å². The second-order valence-electron chi connectivity index (χ2n) is 8.98. The van der Waals surface area contributed by atoms with Crippen LogP contribution >= 0.6 is 23.4 Å². The van der Waals surface area contributed by atoms with Crippen LogP contribution in [0.3, 0.4) is 0 Å². The van der Waals surface area contributed by atoms with Gasteiger partial charge in [0.15, 0.2) is 0 Å². The molecule has 9 nitrogen and oxygen atoms in total. The molecule has 0 saturated carbocycles. The van der Waals surface area contributed by atoms with Crippen molar-refractivity contribution in [3.63, 3.8) is 0 Å². The van der Waals surface area contributed by atoms with Gasteiger partial charge in [0.05, 0.1) is 11.3 Å². The molecule has 2 aromatic rings. The maximum absolute atomic E-state index is 13.1. The van der Waals surface area contributed by atoms with Crippen molar-refractivity contribution in [2.24, 2.45) is 5.73 Å². The molecular formula is C26H32Cl2F3N5O4. The quantitative estimate of drug-likeness (QED) is 0.164. The molecule has 2 aromatic carbocycles. The van der Waals surface area contributed by atoms with Gasteiger partial charge in [-0.1, -0.05) is 23.7 Å². The molecule has 2 rings (SSSR count). The Kier molecular flexibility index (Phi) is 13.0. The average molecular weight is 606 g/mol. The van der Waals surface area contributed by atoms with Crippen LogP contribution in [-0.2, 0) is 27.0 Å². The summed E-state index contributed by atoms with van der Waals surface area (Å²) in [5.41, 5.74) is 5.00. The van der Waals surface area contributed by atoms with Gasteiger partial charge in [-0.2, -0.15) is 13.2 Å². The van der Waals surface area contributed by atoms with Crippen LogP contribution in [0.4, 0.5) is 18.9 Å². The number of halogens is 5. The molecule has 0 radical (unpaired) electrons. The summed E-state index contributed by atoms with van der Waals surface area (Å²) >= 11 is 11.7. The van der Waals surface area contributed by atoms with Crippen LogP contribution in [0.5, 0.6) is 5.75 Å². The topological polar surface area (TPSA) is 137 Å². The number of amides is 3. The lowest BCUT2D eigenvalue weighted by Gasteiger charge is -2.23. The predicted octanol–water partition coefficient (Wildman–Crippen LogP) is 3.82. The summed E-state index contributed by atoms with van der Waals surface area (Å²) in [5.74, 6) is -1.76. The van der Waals surface area contributed by atoms with Crippen LogP contribution in [0.25, 0.3) is 0 Å². The zero-order valence-corrected chi connectivity index (χ0v) is 23.2. The molecule has 14 heteroatoms. The van der Waals surface area contributed by atoms with E-state index < -0.39 is 35.6 Å². The second kappa shape index (κ2) is 15.7. The number of hydrogen-bond acceptors (Lipinski definition) is 6. The largest absolute Gasteiger partial charge is 0.506 e. The molecule has 2 atom stereocenters. The fourth-order valence-corrected chi connectivity index (χ4v) is 4.20. The van der Waals surface area contributed by atoms with Crippen molar-refractivity contribution >= 4 is 46.8 Å². The third-order valence-corrected chi connectivity index (χ3v) is 6.56. The Labute approximate surface area is 240 Å². The molecule has 6 N–H and O–H groups in total. The number of benzene rings is 2. The van der Waals surface area contributed by atoms with Gasteiger partial charge in [-0.05, 0) is 61.0 Å². The number of likely N-dealkylation sites (N-methyl/N-ethyl adjacent to an activating group) is 1. The van der Waals surface area contributed by atoms with Crippen LogP contribution in [0, 0.1) is 0 Å². The maximum atomic E-state index is 13.1. The Morgan fingerprint density at radius 1 is 1.12 bits per heavy atom. The van der Waals surface area contributed by atoms with Gasteiger partial charge >= 0.3 is 6.18 Å². The minimum atomic E-state index is -4.53. The molecule has 3 amide bonds. The molecule has 0 spiro atoms. The van der Waals surface area contributed by atoms with Gasteiger partial charge in [-0.25, -0.2) is 4.84 Å². The highest BCUT2D eigenvalue weighted by Crippen LogP contribution is 2.30. The molecule has 0 bridgehead atoms. The van der Waals surface area contributed by atoms with Gasteiger partial charge in [0, 0.05) is 50.0 Å². The maximum Gasteiger partial charge on any atom is 0.416 e. The third kappa shape index (κ3) is 10.5. The Bertz CT molecular complexity index is 1150. The second-order valence-corrected chi connectivity index (χ2v) is 9.64. The molecule has 0 aliphatic rings. The van der Waals surface area contributed by atoms with Crippen LogP contribution in [0.1, 0.15) is 37.3 Å². The van der Waals surface area contributed by atoms with E-state index in [-0.39, 0.29) is 48.0 Å². The van der Waals surface area contributed by atoms with Crippen molar-refractivity contribution in [3.05, 3.63) is 58.6 Å². The van der Waals surface area contributed by atoms with Crippen LogP contribution in [0.15, 0.2) is 42.5 Å². The predicted molar refractivity (Wildman–Crippen MR) is 147 cm³/mol. The summed E-state index contributed by atoms with van der Waals surface area (Å²) in [7, 11) is 0. The molecule has 0 heterocycles. The number of alkyl halides is 3. The van der Waals surface area contributed by atoms with E-state index >= 15 is 0 Å². The molecule has 2 unspecified atom stereocenters. The minimum Gasteiger partial charge on any atom is -0.506 e. The Morgan fingerprint density at radius 2 is 1.80 bits per heavy atom. The number of anilines is 1. The molecular weight excluding hydrogens is 574 g/mol. The van der Waals surface area contributed by atoms with E-state index in [0.717, 1.165) is 12.1 Å². The van der Waals surface area contributed by atoms with E-state index in [0.29, 0.717) is 25.2 Å². The van der Waals surface area contributed by atoms with Gasteiger partial charge in [-0.3, -0.25) is 14.4 Å². The number of carbonyl (C=O) groups is 3. The highest BCUT2D eigenvalue weighted by Gasteiger charge is 2.30. The first-order chi connectivity index (χ1) is 18.9. The Balaban J connectivity index is 2.15. The molecule has 220 valence electrons. The summed E-state index contributed by atoms with van der Waals surface area (Å²) in [4.78, 5) is 42.5. The zero-order chi connectivity index (χ0) is 29.9. The lowest BCUT2D eigenvalue weighted by atomic mass is 10.0. The fourth-order valence-electron chi connectivity index (χ4n) is 3.85. The van der Waals surface area contributed by atoms with E-state index in [2.05, 4.69) is 15.5 Å². The summed E-state index contributed by atoms with van der Waals surface area (Å²) in [6.45, 7) is 3.02. The normalized spacial score (nSPS) is 12.9. The van der Waals surface area contributed by atoms with Crippen LogP contribution in [-0.4, -0.2) is 59.4 Å². The minimum absolute atomic E-state index is 0.0130. The van der Waals surface area contributed by atoms with E-state index in [9.17, 15) is 32.7 Å². The monoisotopic (exact) mass is 605 g/mol. The number of hydrogen-bond donors (Lipinski definition) is 5. The van der Waals surface area contributed by atoms with Crippen molar-refractivity contribution in [1.29, 1.82) is 0 Å². The number of carbonyl (C=O) groups excluding carboxylic acids is 3. The van der Waals surface area contributed by atoms with Crippen LogP contribution < -0.4 is 21.2 Å². The first kappa shape index (κ1) is 33.1. The number of nitrogens with zero attached hydrogens (tertiary/aromatic N) is 1. The smallest absolute Gasteiger partial charge is 0.416 e. The van der Waals surface area contributed by atoms with Crippen LogP contribution in [0.2, 0.25) is 5.02 Å². The number of phenolic OH excluding ortho intramolecular Hbond substituents is 1. The average Bonchev–Trinajstić information content (AvgIpc) is 2.90. The van der Waals surface area contributed by atoms with Crippen molar-refractivity contribution in [3.8, 4) is 5.75 Å². The van der Waals surface area contributed by atoms with Crippen molar-refractivity contribution in [2.45, 2.75) is 50.9 Å². The summed E-state index contributed by atoms with van der Waals surface area (Å²) in [5, 5.41) is 15.3. The zero-order valence-electron chi connectivity index (χ0n) is 21.7. The number of phenols is 1. The molecule has 0 aliphatic carbocycles. The Hall–Kier alpha value is -3.06. The first-order valence-electron chi connectivity index (χ1n) is 12.5. The van der Waals surface area contributed by atoms with E-state index in [1.54, 1.807) is 4.90 Å². The summed E-state index contributed by atoms with van der Waals surface area (Å²) < 4.78 is 38.9. The lowest BCUT2D eigenvalue weighted by Crippen LogP contribution is -2.46. The summed E-state index contributed by atoms with van der Waals surface area (Å²) in [6, 6.07) is 6.31. The number of nitrogens with one attached hydrogen (secondary N) is 3. The number of rotatable bonds is 14. The standard InChI is InChI=1S/C26H32Cl2F3N5O4/c1-2-36(12-11-32)24(39)10-8-19(35-28)15-23(38)33-21(13-16-3-5-17(6-4-16)26(29,30)31)25(40)34-20-14-18(27)7-9-22(20)37/h3-7,9,14,19,21,35,37H,2,8,10-13,15,32H2,1H3,(H,33,38)(H,34,40). The van der Waals surface area contributed by atoms with Crippen molar-refractivity contribution in [1.82, 2.24) is 15.1 Å². The van der Waals surface area contributed by atoms with Gasteiger partial charge in [0.1, 0.15) is 11.8 Å². The van der Waals surface area contributed by atoms with E-state index in [4.69, 9.17) is 29.1 Å². The number of nitrogens with two attached hydrogens (primary N) is 1. The molecule has 0 aromatic heterocycles. The molecule has 0 saturated heterocycles. The van der Waals surface area contributed by atoms with Gasteiger partial charge in [0.25, 0.3) is 0 Å². The third-order valence-electron chi connectivity index (χ3n) is 6.02. The van der Waals surface area contributed by atoms with Gasteiger partial charge in [0.2, 0.25) is 17.7 Å². The molecule has 0 aliphatic heterocycles. The van der Waals surface area contributed by atoms with E-state index in [1.165, 1.54) is 30.3 Å². The van der Waals surface area contributed by atoms with Crippen molar-refractivity contribution < 1.29 is 32.7 Å². The fraction of sp³-hybridized carbons (Fsp3) is 0.423. The Morgan fingerprint density at radius 3 is 2.38 bits per heavy atom. The molecule has 40 heavy (non-hydrogen) atoms. The summed E-state index contributed by atoms with van der Waals surface area (Å²) in [6.07, 6.45) is -4.55. The SMILES string of the molecule is CCN(CCN)C(=O)CCC(CC(=O)NC(Cc1ccc(C(F)(F)F)cc1)C(=O)Nc1cc(Cl)ccc1O)NCl. The van der Waals surface area contributed by atoms with Gasteiger partial charge in [-0.15, -0.1) is 0 Å². The lowest BCUT2D eigenvalue weighted by molar-refractivity contribution is -0.137. The first-order valence-corrected chi connectivity index (χ1v) is 13.2. The number of aromatic hydroxyl groups is 1. The van der Waals surface area contributed by atoms with Crippen molar-refractivity contribution in [2.75, 3.05) is 25.0 Å². The highest BCUT2D eigenvalue weighted by molar-refractivity contribution is 6.31. The van der Waals surface area contributed by atoms with Gasteiger partial charge < -0.3 is 26.4 Å².